The number of halogens is 1. The number of nitrogens with one attached hydrogen (secondary N) is 1. The fourth-order valence-corrected chi connectivity index (χ4v) is 6.38. The van der Waals surface area contributed by atoms with E-state index < -0.39 is 0 Å². The van der Waals surface area contributed by atoms with Gasteiger partial charge in [0, 0.05) is 20.3 Å². The van der Waals surface area contributed by atoms with Crippen molar-refractivity contribution in [2.45, 2.75) is 33.1 Å². The van der Waals surface area contributed by atoms with Crippen LogP contribution in [0.15, 0.2) is 59.1 Å². The van der Waals surface area contributed by atoms with Crippen LogP contribution in [0.5, 0.6) is 0 Å². The van der Waals surface area contributed by atoms with Crippen molar-refractivity contribution < 1.29 is 14.3 Å². The first-order valence-electron chi connectivity index (χ1n) is 11.7. The smallest absolute Gasteiger partial charge is 0.341 e. The van der Waals surface area contributed by atoms with Gasteiger partial charge < -0.3 is 10.1 Å². The first-order chi connectivity index (χ1) is 16.9. The van der Waals surface area contributed by atoms with Crippen LogP contribution in [-0.2, 0) is 17.6 Å². The van der Waals surface area contributed by atoms with Crippen molar-refractivity contribution in [1.29, 1.82) is 0 Å². The Morgan fingerprint density at radius 3 is 2.80 bits per heavy atom. The molecule has 178 valence electrons. The number of rotatable bonds is 5. The van der Waals surface area contributed by atoms with Crippen LogP contribution in [0.2, 0.25) is 0 Å². The molecule has 1 aliphatic carbocycles. The number of carbonyl (C=O) groups is 2. The number of benzene rings is 2. The number of fused-ring (bicyclic) bond motifs is 2. The fourth-order valence-electron chi connectivity index (χ4n) is 4.59. The SMILES string of the molecule is CCOC(=O)c1c(NC(=O)c2cc(-c3cccc(Br)c3)nc3ccccc23)sc2c1CCC(C)C2. The summed E-state index contributed by atoms with van der Waals surface area (Å²) in [5, 5.41) is 4.39. The van der Waals surface area contributed by atoms with Crippen molar-refractivity contribution in [1.82, 2.24) is 4.98 Å². The van der Waals surface area contributed by atoms with Crippen molar-refractivity contribution in [3.8, 4) is 11.3 Å². The second-order valence-electron chi connectivity index (χ2n) is 8.81. The van der Waals surface area contributed by atoms with Gasteiger partial charge in [-0.1, -0.05) is 53.2 Å². The van der Waals surface area contributed by atoms with Gasteiger partial charge in [-0.3, -0.25) is 4.79 Å². The molecule has 4 aromatic rings. The number of thiophene rings is 1. The number of amides is 1. The molecule has 0 radical (unpaired) electrons. The van der Waals surface area contributed by atoms with Crippen LogP contribution in [0, 0.1) is 5.92 Å². The Morgan fingerprint density at radius 2 is 2.00 bits per heavy atom. The molecule has 2 aromatic heterocycles. The summed E-state index contributed by atoms with van der Waals surface area (Å²) < 4.78 is 6.31. The number of aromatic nitrogens is 1. The zero-order valence-electron chi connectivity index (χ0n) is 19.6. The molecule has 0 saturated heterocycles. The number of hydrogen-bond acceptors (Lipinski definition) is 5. The predicted octanol–water partition coefficient (Wildman–Crippen LogP) is 7.28. The second-order valence-corrected chi connectivity index (χ2v) is 10.8. The molecule has 5 rings (SSSR count). The zero-order chi connectivity index (χ0) is 24.5. The zero-order valence-corrected chi connectivity index (χ0v) is 22.0. The lowest BCUT2D eigenvalue weighted by molar-refractivity contribution is 0.0526. The Labute approximate surface area is 216 Å². The van der Waals surface area contributed by atoms with Gasteiger partial charge in [-0.05, 0) is 61.9 Å². The van der Waals surface area contributed by atoms with E-state index in [2.05, 4.69) is 28.2 Å². The monoisotopic (exact) mass is 548 g/mol. The van der Waals surface area contributed by atoms with Crippen molar-refractivity contribution >= 4 is 55.0 Å². The van der Waals surface area contributed by atoms with Crippen molar-refractivity contribution in [3.63, 3.8) is 0 Å². The van der Waals surface area contributed by atoms with E-state index in [0.29, 0.717) is 27.7 Å². The number of ether oxygens (including phenoxy) is 1. The van der Waals surface area contributed by atoms with E-state index in [1.165, 1.54) is 11.3 Å². The van der Waals surface area contributed by atoms with E-state index in [1.54, 1.807) is 6.92 Å². The summed E-state index contributed by atoms with van der Waals surface area (Å²) in [6.45, 7) is 4.30. The first kappa shape index (κ1) is 23.7. The number of anilines is 1. The minimum atomic E-state index is -0.371. The number of esters is 1. The third kappa shape index (κ3) is 4.75. The maximum atomic E-state index is 13.7. The number of hydrogen-bond donors (Lipinski definition) is 1. The summed E-state index contributed by atoms with van der Waals surface area (Å²) in [5.41, 5.74) is 4.40. The standard InChI is InChI=1S/C28H25BrN2O3S/c1-3-34-28(33)25-20-12-11-16(2)13-24(20)35-27(25)31-26(32)21-15-23(17-7-6-8-18(29)14-17)30-22-10-5-4-9-19(21)22/h4-10,14-16H,3,11-13H2,1-2H3,(H,31,32). The Hall–Kier alpha value is -3.03. The second kappa shape index (κ2) is 9.91. The fraction of sp³-hybridized carbons (Fsp3) is 0.250. The normalized spacial score (nSPS) is 15.0. The highest BCUT2D eigenvalue weighted by atomic mass is 79.9. The van der Waals surface area contributed by atoms with Crippen LogP contribution in [0.25, 0.3) is 22.2 Å². The minimum Gasteiger partial charge on any atom is -0.462 e. The maximum Gasteiger partial charge on any atom is 0.341 e. The average molecular weight is 549 g/mol. The Morgan fingerprint density at radius 1 is 1.17 bits per heavy atom. The van der Waals surface area contributed by atoms with Crippen LogP contribution in [-0.4, -0.2) is 23.5 Å². The largest absolute Gasteiger partial charge is 0.462 e. The van der Waals surface area contributed by atoms with Crippen LogP contribution >= 0.6 is 27.3 Å². The Balaban J connectivity index is 1.58. The lowest BCUT2D eigenvalue weighted by Crippen LogP contribution is -2.17. The Kier molecular flexibility index (Phi) is 6.71. The molecular formula is C28H25BrN2O3S. The molecular weight excluding hydrogens is 524 g/mol. The van der Waals surface area contributed by atoms with E-state index in [4.69, 9.17) is 9.72 Å². The molecule has 7 heteroatoms. The van der Waals surface area contributed by atoms with Crippen molar-refractivity contribution in [3.05, 3.63) is 80.6 Å². The molecule has 0 saturated carbocycles. The molecule has 2 aromatic carbocycles. The van der Waals surface area contributed by atoms with Gasteiger partial charge in [-0.15, -0.1) is 11.3 Å². The molecule has 1 aliphatic rings. The van der Waals surface area contributed by atoms with E-state index in [-0.39, 0.29) is 18.5 Å². The predicted molar refractivity (Wildman–Crippen MR) is 144 cm³/mol. The lowest BCUT2D eigenvalue weighted by atomic mass is 9.88. The molecule has 1 N–H and O–H groups in total. The average Bonchev–Trinajstić information content (AvgIpc) is 3.20. The number of para-hydroxylation sites is 1. The van der Waals surface area contributed by atoms with Gasteiger partial charge in [0.25, 0.3) is 5.91 Å². The van der Waals surface area contributed by atoms with E-state index in [1.807, 2.05) is 54.6 Å². The summed E-state index contributed by atoms with van der Waals surface area (Å²) in [6.07, 6.45) is 2.75. The number of carbonyl (C=O) groups excluding carboxylic acids is 2. The topological polar surface area (TPSA) is 68.3 Å². The van der Waals surface area contributed by atoms with Gasteiger partial charge in [0.05, 0.1) is 28.9 Å². The summed E-state index contributed by atoms with van der Waals surface area (Å²) >= 11 is 5.01. The van der Waals surface area contributed by atoms with Gasteiger partial charge >= 0.3 is 5.97 Å². The molecule has 35 heavy (non-hydrogen) atoms. The van der Waals surface area contributed by atoms with Crippen LogP contribution < -0.4 is 5.32 Å². The molecule has 2 heterocycles. The van der Waals surface area contributed by atoms with Gasteiger partial charge in [0.15, 0.2) is 0 Å². The summed E-state index contributed by atoms with van der Waals surface area (Å²) in [6, 6.07) is 17.3. The van der Waals surface area contributed by atoms with Gasteiger partial charge in [0.2, 0.25) is 0 Å². The quantitative estimate of drug-likeness (QED) is 0.266. The van der Waals surface area contributed by atoms with Gasteiger partial charge in [-0.2, -0.15) is 0 Å². The third-order valence-corrected chi connectivity index (χ3v) is 7.96. The maximum absolute atomic E-state index is 13.7. The first-order valence-corrected chi connectivity index (χ1v) is 13.3. The number of nitrogens with zero attached hydrogens (tertiary/aromatic N) is 1. The van der Waals surface area contributed by atoms with E-state index >= 15 is 0 Å². The summed E-state index contributed by atoms with van der Waals surface area (Å²) in [5.74, 6) is -0.0852. The van der Waals surface area contributed by atoms with Crippen molar-refractivity contribution in [2.75, 3.05) is 11.9 Å². The van der Waals surface area contributed by atoms with E-state index in [9.17, 15) is 9.59 Å². The molecule has 0 aliphatic heterocycles. The summed E-state index contributed by atoms with van der Waals surface area (Å²) in [7, 11) is 0. The molecule has 0 bridgehead atoms. The van der Waals surface area contributed by atoms with E-state index in [0.717, 1.165) is 50.6 Å². The molecule has 0 fully saturated rings. The molecule has 5 nitrogen and oxygen atoms in total. The molecule has 0 spiro atoms. The lowest BCUT2D eigenvalue weighted by Gasteiger charge is -2.18. The highest BCUT2D eigenvalue weighted by Gasteiger charge is 2.29. The molecule has 1 amide bonds. The van der Waals surface area contributed by atoms with Crippen LogP contribution in [0.3, 0.4) is 0 Å². The van der Waals surface area contributed by atoms with Crippen molar-refractivity contribution in [2.24, 2.45) is 5.92 Å². The third-order valence-electron chi connectivity index (χ3n) is 6.30. The Bertz CT molecular complexity index is 1450. The van der Waals surface area contributed by atoms with Crippen LogP contribution in [0.1, 0.15) is 51.4 Å². The highest BCUT2D eigenvalue weighted by Crippen LogP contribution is 2.40. The molecule has 1 unspecified atom stereocenters. The van der Waals surface area contributed by atoms with Gasteiger partial charge in [0.1, 0.15) is 5.00 Å². The highest BCUT2D eigenvalue weighted by molar-refractivity contribution is 9.10. The van der Waals surface area contributed by atoms with Gasteiger partial charge in [-0.25, -0.2) is 9.78 Å². The van der Waals surface area contributed by atoms with Crippen LogP contribution in [0.4, 0.5) is 5.00 Å². The minimum absolute atomic E-state index is 0.267. The molecule has 1 atom stereocenters. The summed E-state index contributed by atoms with van der Waals surface area (Å²) in [4.78, 5) is 32.6. The number of pyridine rings is 1.